The Morgan fingerprint density at radius 2 is 2.00 bits per heavy atom. The van der Waals surface area contributed by atoms with Gasteiger partial charge in [0, 0.05) is 11.1 Å². The van der Waals surface area contributed by atoms with Crippen LogP contribution in [0.25, 0.3) is 12.2 Å². The van der Waals surface area contributed by atoms with Crippen molar-refractivity contribution in [2.75, 3.05) is 0 Å². The van der Waals surface area contributed by atoms with Gasteiger partial charge in [-0.25, -0.2) is 0 Å². The highest BCUT2D eigenvalue weighted by atomic mass is 19.4. The van der Waals surface area contributed by atoms with Crippen molar-refractivity contribution in [3.63, 3.8) is 0 Å². The number of H-pyrrole nitrogens is 2. The van der Waals surface area contributed by atoms with Crippen LogP contribution in [0, 0.1) is 5.92 Å². The largest absolute Gasteiger partial charge is 0.433 e. The molecule has 1 aliphatic rings. The first-order chi connectivity index (χ1) is 11.5. The Labute approximate surface area is 137 Å². The molecule has 0 saturated heterocycles. The summed E-state index contributed by atoms with van der Waals surface area (Å²) >= 11 is 0. The van der Waals surface area contributed by atoms with Gasteiger partial charge in [0.05, 0.1) is 24.1 Å². The van der Waals surface area contributed by atoms with Crippen LogP contribution in [0.4, 0.5) is 13.2 Å². The van der Waals surface area contributed by atoms with Crippen molar-refractivity contribution < 1.29 is 13.2 Å². The second kappa shape index (κ2) is 6.54. The highest BCUT2D eigenvalue weighted by molar-refractivity contribution is 5.60. The Kier molecular flexibility index (Phi) is 4.46. The van der Waals surface area contributed by atoms with Crippen molar-refractivity contribution in [3.8, 4) is 0 Å². The number of hydrogen-bond donors (Lipinski definition) is 3. The monoisotopic (exact) mass is 337 g/mol. The molecule has 3 N–H and O–H groups in total. The molecule has 1 aliphatic carbocycles. The fourth-order valence-electron chi connectivity index (χ4n) is 2.85. The first-order valence-corrected chi connectivity index (χ1v) is 7.69. The average molecular weight is 337 g/mol. The minimum Gasteiger partial charge on any atom is -0.384 e. The maximum absolute atomic E-state index is 13.1. The fraction of sp³-hybridized carbons (Fsp3) is 0.375. The second-order valence-corrected chi connectivity index (χ2v) is 5.81. The number of alkyl halides is 3. The fourth-order valence-corrected chi connectivity index (χ4v) is 2.85. The lowest BCUT2D eigenvalue weighted by molar-refractivity contribution is -0.142. The van der Waals surface area contributed by atoms with E-state index in [4.69, 9.17) is 0 Å². The van der Waals surface area contributed by atoms with Crippen molar-refractivity contribution in [1.29, 1.82) is 0 Å². The summed E-state index contributed by atoms with van der Waals surface area (Å²) in [6.07, 6.45) is 6.34. The Morgan fingerprint density at radius 1 is 1.25 bits per heavy atom. The molecule has 5 nitrogen and oxygen atoms in total. The quantitative estimate of drug-likeness (QED) is 0.749. The SMILES string of the molecule is C=Cc1[nH]ncc1/C=C/NC(c1cn[nH]c1C(F)(F)F)C1CCC1. The van der Waals surface area contributed by atoms with E-state index < -0.39 is 17.9 Å². The molecule has 24 heavy (non-hydrogen) atoms. The number of rotatable bonds is 6. The molecule has 8 heteroatoms. The van der Waals surface area contributed by atoms with Crippen LogP contribution in [0.3, 0.4) is 0 Å². The van der Waals surface area contributed by atoms with Crippen LogP contribution in [0.15, 0.2) is 25.2 Å². The molecule has 1 saturated carbocycles. The Bertz CT molecular complexity index is 724. The molecule has 3 rings (SSSR count). The van der Waals surface area contributed by atoms with Gasteiger partial charge < -0.3 is 5.32 Å². The van der Waals surface area contributed by atoms with Crippen molar-refractivity contribution in [2.45, 2.75) is 31.5 Å². The summed E-state index contributed by atoms with van der Waals surface area (Å²) in [6.45, 7) is 3.67. The molecular weight excluding hydrogens is 319 g/mol. The highest BCUT2D eigenvalue weighted by Crippen LogP contribution is 2.41. The molecule has 2 aromatic heterocycles. The van der Waals surface area contributed by atoms with E-state index in [0.717, 1.165) is 30.5 Å². The number of nitrogens with one attached hydrogen (secondary N) is 3. The second-order valence-electron chi connectivity index (χ2n) is 5.81. The molecule has 0 amide bonds. The van der Waals surface area contributed by atoms with Crippen LogP contribution < -0.4 is 5.32 Å². The lowest BCUT2D eigenvalue weighted by Gasteiger charge is -2.34. The van der Waals surface area contributed by atoms with Crippen molar-refractivity contribution >= 4 is 12.2 Å². The minimum absolute atomic E-state index is 0.160. The topological polar surface area (TPSA) is 69.4 Å². The lowest BCUT2D eigenvalue weighted by Crippen LogP contribution is -2.30. The van der Waals surface area contributed by atoms with Gasteiger partial charge in [0.15, 0.2) is 0 Å². The molecule has 1 fully saturated rings. The molecule has 0 aromatic carbocycles. The highest BCUT2D eigenvalue weighted by Gasteiger charge is 2.40. The third kappa shape index (κ3) is 3.22. The van der Waals surface area contributed by atoms with E-state index in [1.54, 1.807) is 24.5 Å². The zero-order valence-electron chi connectivity index (χ0n) is 12.9. The van der Waals surface area contributed by atoms with Crippen LogP contribution in [0.1, 0.15) is 47.8 Å². The molecule has 128 valence electrons. The molecule has 0 spiro atoms. The van der Waals surface area contributed by atoms with E-state index in [-0.39, 0.29) is 11.5 Å². The van der Waals surface area contributed by atoms with Crippen LogP contribution in [-0.4, -0.2) is 20.4 Å². The summed E-state index contributed by atoms with van der Waals surface area (Å²) < 4.78 is 39.4. The number of aromatic nitrogens is 4. The number of hydrogen-bond acceptors (Lipinski definition) is 3. The minimum atomic E-state index is -4.44. The predicted octanol–water partition coefficient (Wildman–Crippen LogP) is 3.90. The first kappa shape index (κ1) is 16.4. The van der Waals surface area contributed by atoms with Crippen LogP contribution >= 0.6 is 0 Å². The van der Waals surface area contributed by atoms with Crippen molar-refractivity contribution in [2.24, 2.45) is 5.92 Å². The van der Waals surface area contributed by atoms with Gasteiger partial charge in [0.1, 0.15) is 5.69 Å². The maximum Gasteiger partial charge on any atom is 0.433 e. The summed E-state index contributed by atoms with van der Waals surface area (Å²) in [7, 11) is 0. The van der Waals surface area contributed by atoms with E-state index in [0.29, 0.717) is 0 Å². The Balaban J connectivity index is 1.81. The number of aromatic amines is 2. The lowest BCUT2D eigenvalue weighted by atomic mass is 9.77. The van der Waals surface area contributed by atoms with Crippen LogP contribution in [0.2, 0.25) is 0 Å². The third-order valence-electron chi connectivity index (χ3n) is 4.35. The van der Waals surface area contributed by atoms with Gasteiger partial charge in [-0.3, -0.25) is 10.2 Å². The van der Waals surface area contributed by atoms with E-state index in [1.165, 1.54) is 6.20 Å². The Hall–Kier alpha value is -2.51. The molecule has 1 atom stereocenters. The molecule has 0 aliphatic heterocycles. The van der Waals surface area contributed by atoms with Crippen LogP contribution in [0.5, 0.6) is 0 Å². The normalized spacial score (nSPS) is 17.0. The third-order valence-corrected chi connectivity index (χ3v) is 4.35. The summed E-state index contributed by atoms with van der Waals surface area (Å²) in [4.78, 5) is 0. The van der Waals surface area contributed by atoms with Gasteiger partial charge in [0.25, 0.3) is 0 Å². The van der Waals surface area contributed by atoms with Gasteiger partial charge in [-0.05, 0) is 37.1 Å². The van der Waals surface area contributed by atoms with Gasteiger partial charge in [-0.2, -0.15) is 23.4 Å². The Morgan fingerprint density at radius 3 is 2.62 bits per heavy atom. The van der Waals surface area contributed by atoms with E-state index in [2.05, 4.69) is 32.3 Å². The standard InChI is InChI=1S/C16H18F3N5/c1-2-13-11(8-21-23-13)6-7-20-14(10-4-3-5-10)12-9-22-24-15(12)16(17,18)19/h2,6-10,14,20H,1,3-5H2,(H,21,23)(H,22,24)/b7-6+. The summed E-state index contributed by atoms with van der Waals surface area (Å²) in [5.74, 6) is 0.163. The summed E-state index contributed by atoms with van der Waals surface area (Å²) in [5, 5.41) is 15.5. The molecule has 1 unspecified atom stereocenters. The van der Waals surface area contributed by atoms with Crippen molar-refractivity contribution in [3.05, 3.63) is 47.7 Å². The van der Waals surface area contributed by atoms with E-state index >= 15 is 0 Å². The smallest absolute Gasteiger partial charge is 0.384 e. The summed E-state index contributed by atoms with van der Waals surface area (Å²) in [5.41, 5.74) is 0.948. The molecule has 2 heterocycles. The predicted molar refractivity (Wildman–Crippen MR) is 84.5 cm³/mol. The zero-order valence-corrected chi connectivity index (χ0v) is 12.9. The maximum atomic E-state index is 13.1. The molecule has 0 bridgehead atoms. The first-order valence-electron chi connectivity index (χ1n) is 7.69. The average Bonchev–Trinajstić information content (AvgIpc) is 3.12. The van der Waals surface area contributed by atoms with E-state index in [9.17, 15) is 13.2 Å². The molecule has 2 aromatic rings. The van der Waals surface area contributed by atoms with Gasteiger partial charge in [0.2, 0.25) is 0 Å². The van der Waals surface area contributed by atoms with Crippen molar-refractivity contribution in [1.82, 2.24) is 25.7 Å². The van der Waals surface area contributed by atoms with Gasteiger partial charge >= 0.3 is 6.18 Å². The zero-order chi connectivity index (χ0) is 17.2. The van der Waals surface area contributed by atoms with E-state index in [1.807, 2.05) is 0 Å². The van der Waals surface area contributed by atoms with Gasteiger partial charge in [-0.1, -0.05) is 13.0 Å². The van der Waals surface area contributed by atoms with Gasteiger partial charge in [-0.15, -0.1) is 0 Å². The number of nitrogens with zero attached hydrogens (tertiary/aromatic N) is 2. The molecule has 0 radical (unpaired) electrons. The van der Waals surface area contributed by atoms with Crippen LogP contribution in [-0.2, 0) is 6.18 Å². The number of halogens is 3. The summed E-state index contributed by atoms with van der Waals surface area (Å²) in [6, 6.07) is -0.426. The molecular formula is C16H18F3N5.